The number of hydrogen-bond acceptors (Lipinski definition) is 5. The zero-order valence-electron chi connectivity index (χ0n) is 16.1. The highest BCUT2D eigenvalue weighted by molar-refractivity contribution is 6.55. The number of carbonyl (C=O) groups is 1. The Morgan fingerprint density at radius 1 is 1.29 bits per heavy atom. The topological polar surface area (TPSA) is 57.2 Å². The fourth-order valence-corrected chi connectivity index (χ4v) is 2.68. The van der Waals surface area contributed by atoms with Gasteiger partial charge in [-0.05, 0) is 53.9 Å². The fraction of sp³-hybridized carbons (Fsp3) is 0.824. The number of carbonyl (C=O) groups excluding carboxylic acids is 1. The number of hydrogen-bond donors (Lipinski definition) is 0. The molecule has 2 rings (SSSR count). The van der Waals surface area contributed by atoms with Crippen LogP contribution in [0, 0.1) is 0 Å². The van der Waals surface area contributed by atoms with E-state index in [2.05, 4.69) is 0 Å². The summed E-state index contributed by atoms with van der Waals surface area (Å²) >= 11 is 0. The summed E-state index contributed by atoms with van der Waals surface area (Å²) in [6.07, 6.45) is 1.64. The van der Waals surface area contributed by atoms with Gasteiger partial charge in [-0.1, -0.05) is 6.08 Å². The fourth-order valence-electron chi connectivity index (χ4n) is 2.68. The Kier molecular flexibility index (Phi) is 5.10. The summed E-state index contributed by atoms with van der Waals surface area (Å²) in [4.78, 5) is 14.2. The Morgan fingerprint density at radius 3 is 2.29 bits per heavy atom. The zero-order chi connectivity index (χ0) is 18.3. The predicted molar refractivity (Wildman–Crippen MR) is 92.8 cm³/mol. The molecule has 1 atom stereocenters. The van der Waals surface area contributed by atoms with Gasteiger partial charge in [-0.15, -0.1) is 0 Å². The lowest BCUT2D eigenvalue weighted by Gasteiger charge is -2.32. The van der Waals surface area contributed by atoms with Gasteiger partial charge in [-0.2, -0.15) is 0 Å². The molecule has 2 aliphatic heterocycles. The SMILES string of the molecule is COC[C@H]1C=C(B2OC(C)(C)C(C)(C)O2)CN1C(=O)OC(C)(C)C. The molecule has 0 aliphatic carbocycles. The Morgan fingerprint density at radius 2 is 1.83 bits per heavy atom. The van der Waals surface area contributed by atoms with Crippen molar-refractivity contribution in [3.63, 3.8) is 0 Å². The van der Waals surface area contributed by atoms with Crippen LogP contribution in [0.2, 0.25) is 0 Å². The lowest BCUT2D eigenvalue weighted by molar-refractivity contribution is 0.00578. The third-order valence-corrected chi connectivity index (χ3v) is 4.68. The van der Waals surface area contributed by atoms with Gasteiger partial charge in [0.15, 0.2) is 0 Å². The summed E-state index contributed by atoms with van der Waals surface area (Å²) < 4.78 is 22.9. The van der Waals surface area contributed by atoms with Gasteiger partial charge in [0.2, 0.25) is 0 Å². The largest absolute Gasteiger partial charge is 0.492 e. The summed E-state index contributed by atoms with van der Waals surface area (Å²) in [6.45, 7) is 14.4. The molecule has 0 spiro atoms. The highest BCUT2D eigenvalue weighted by Gasteiger charge is 2.53. The maximum Gasteiger partial charge on any atom is 0.492 e. The number of rotatable bonds is 3. The van der Waals surface area contributed by atoms with Crippen molar-refractivity contribution in [3.05, 3.63) is 11.5 Å². The Labute approximate surface area is 145 Å². The van der Waals surface area contributed by atoms with Crippen molar-refractivity contribution in [2.75, 3.05) is 20.3 Å². The van der Waals surface area contributed by atoms with Crippen molar-refractivity contribution in [2.45, 2.75) is 71.3 Å². The van der Waals surface area contributed by atoms with Gasteiger partial charge < -0.3 is 18.8 Å². The quantitative estimate of drug-likeness (QED) is 0.740. The van der Waals surface area contributed by atoms with E-state index in [0.717, 1.165) is 5.47 Å². The van der Waals surface area contributed by atoms with E-state index in [1.807, 2.05) is 54.5 Å². The molecule has 1 amide bonds. The standard InChI is InChI=1S/C17H30BNO5/c1-15(2,3)22-14(20)19-10-12(9-13(19)11-21-8)18-23-16(4,5)17(6,7)24-18/h9,13H,10-11H2,1-8H3/t13-/m1/s1. The molecule has 136 valence electrons. The van der Waals surface area contributed by atoms with E-state index in [9.17, 15) is 4.79 Å². The number of amides is 1. The molecule has 0 aromatic carbocycles. The average Bonchev–Trinajstić information content (AvgIpc) is 2.88. The maximum atomic E-state index is 12.5. The van der Waals surface area contributed by atoms with Crippen LogP contribution >= 0.6 is 0 Å². The maximum absolute atomic E-state index is 12.5. The highest BCUT2D eigenvalue weighted by atomic mass is 16.7. The van der Waals surface area contributed by atoms with Crippen LogP contribution in [-0.2, 0) is 18.8 Å². The molecular weight excluding hydrogens is 309 g/mol. The van der Waals surface area contributed by atoms with Crippen LogP contribution in [0.25, 0.3) is 0 Å². The molecule has 6 nitrogen and oxygen atoms in total. The molecule has 1 saturated heterocycles. The smallest absolute Gasteiger partial charge is 0.444 e. The van der Waals surface area contributed by atoms with Crippen LogP contribution in [0.1, 0.15) is 48.5 Å². The first-order valence-electron chi connectivity index (χ1n) is 8.41. The second-order valence-corrected chi connectivity index (χ2v) is 8.46. The van der Waals surface area contributed by atoms with Gasteiger partial charge in [0.05, 0.1) is 23.9 Å². The Hall–Kier alpha value is -1.05. The summed E-state index contributed by atoms with van der Waals surface area (Å²) in [5.41, 5.74) is -0.424. The molecule has 0 unspecified atom stereocenters. The van der Waals surface area contributed by atoms with Crippen LogP contribution in [0.5, 0.6) is 0 Å². The van der Waals surface area contributed by atoms with E-state index in [1.165, 1.54) is 0 Å². The summed E-state index contributed by atoms with van der Waals surface area (Å²) in [5, 5.41) is 0. The Bertz CT molecular complexity index is 508. The third kappa shape index (κ3) is 3.95. The van der Waals surface area contributed by atoms with E-state index in [0.29, 0.717) is 13.2 Å². The van der Waals surface area contributed by atoms with Crippen molar-refractivity contribution < 1.29 is 23.6 Å². The molecule has 0 saturated carbocycles. The van der Waals surface area contributed by atoms with E-state index in [4.69, 9.17) is 18.8 Å². The van der Waals surface area contributed by atoms with Gasteiger partial charge in [0.1, 0.15) is 5.60 Å². The first-order valence-corrected chi connectivity index (χ1v) is 8.41. The van der Waals surface area contributed by atoms with Gasteiger partial charge in [0, 0.05) is 13.7 Å². The minimum Gasteiger partial charge on any atom is -0.444 e. The molecule has 2 aliphatic rings. The molecule has 0 bridgehead atoms. The molecule has 0 radical (unpaired) electrons. The van der Waals surface area contributed by atoms with Crippen molar-refractivity contribution in [3.8, 4) is 0 Å². The molecule has 0 aromatic heterocycles. The minimum atomic E-state index is -0.540. The van der Waals surface area contributed by atoms with Gasteiger partial charge in [-0.3, -0.25) is 4.90 Å². The lowest BCUT2D eigenvalue weighted by atomic mass is 9.78. The highest BCUT2D eigenvalue weighted by Crippen LogP contribution is 2.39. The summed E-state index contributed by atoms with van der Waals surface area (Å²) in [5.74, 6) is 0. The second kappa shape index (κ2) is 6.35. The van der Waals surface area contributed by atoms with Gasteiger partial charge in [0.25, 0.3) is 0 Å². The monoisotopic (exact) mass is 339 g/mol. The van der Waals surface area contributed by atoms with E-state index in [1.54, 1.807) is 12.0 Å². The third-order valence-electron chi connectivity index (χ3n) is 4.68. The van der Waals surface area contributed by atoms with Crippen LogP contribution in [-0.4, -0.2) is 61.2 Å². The zero-order valence-corrected chi connectivity index (χ0v) is 16.1. The number of nitrogens with zero attached hydrogens (tertiary/aromatic N) is 1. The van der Waals surface area contributed by atoms with E-state index in [-0.39, 0.29) is 12.1 Å². The van der Waals surface area contributed by atoms with E-state index < -0.39 is 23.9 Å². The van der Waals surface area contributed by atoms with Gasteiger partial charge in [-0.25, -0.2) is 4.79 Å². The van der Waals surface area contributed by atoms with Crippen molar-refractivity contribution in [1.82, 2.24) is 4.90 Å². The lowest BCUT2D eigenvalue weighted by Crippen LogP contribution is -2.42. The van der Waals surface area contributed by atoms with Crippen molar-refractivity contribution in [2.24, 2.45) is 0 Å². The molecule has 1 fully saturated rings. The summed E-state index contributed by atoms with van der Waals surface area (Å²) in [6, 6.07) is -0.182. The van der Waals surface area contributed by atoms with Crippen molar-refractivity contribution >= 4 is 13.2 Å². The first-order chi connectivity index (χ1) is 10.9. The van der Waals surface area contributed by atoms with Gasteiger partial charge >= 0.3 is 13.2 Å². The molecule has 24 heavy (non-hydrogen) atoms. The van der Waals surface area contributed by atoms with Crippen LogP contribution in [0.3, 0.4) is 0 Å². The summed E-state index contributed by atoms with van der Waals surface area (Å²) in [7, 11) is 1.16. The molecule has 2 heterocycles. The van der Waals surface area contributed by atoms with Crippen LogP contribution < -0.4 is 0 Å². The number of ether oxygens (including phenoxy) is 2. The Balaban J connectivity index is 2.14. The predicted octanol–water partition coefficient (Wildman–Crippen LogP) is 2.81. The molecule has 0 N–H and O–H groups in total. The normalized spacial score (nSPS) is 25.8. The van der Waals surface area contributed by atoms with Crippen LogP contribution in [0.4, 0.5) is 4.79 Å². The molecule has 7 heteroatoms. The number of methoxy groups -OCH3 is 1. The second-order valence-electron chi connectivity index (χ2n) is 8.46. The minimum absolute atomic E-state index is 0.182. The average molecular weight is 339 g/mol. The molecular formula is C17H30BNO5. The van der Waals surface area contributed by atoms with Crippen molar-refractivity contribution in [1.29, 1.82) is 0 Å². The first kappa shape index (κ1) is 19.3. The van der Waals surface area contributed by atoms with E-state index >= 15 is 0 Å². The van der Waals surface area contributed by atoms with Crippen LogP contribution in [0.15, 0.2) is 11.5 Å². The molecule has 0 aromatic rings.